The number of nitro groups is 1. The summed E-state index contributed by atoms with van der Waals surface area (Å²) in [5.41, 5.74) is 0.819. The fourth-order valence-corrected chi connectivity index (χ4v) is 2.39. The molecule has 1 saturated carbocycles. The van der Waals surface area contributed by atoms with Crippen molar-refractivity contribution in [3.8, 4) is 6.07 Å². The van der Waals surface area contributed by atoms with E-state index in [1.54, 1.807) is 7.11 Å². The standard InChI is InChI=1S/C13H15N3O3/c1-19-11-4-3-10(7-11)15-12-6-9(8-14)2-5-13(12)16(17)18/h2,5-6,10-11,15H,3-4,7H2,1H3. The largest absolute Gasteiger partial charge is 0.381 e. The van der Waals surface area contributed by atoms with Crippen molar-refractivity contribution in [2.45, 2.75) is 31.4 Å². The van der Waals surface area contributed by atoms with Crippen molar-refractivity contribution in [2.24, 2.45) is 0 Å². The molecule has 6 heteroatoms. The van der Waals surface area contributed by atoms with Gasteiger partial charge in [-0.3, -0.25) is 10.1 Å². The molecular formula is C13H15N3O3. The first-order valence-corrected chi connectivity index (χ1v) is 6.12. The maximum atomic E-state index is 11.0. The molecule has 6 nitrogen and oxygen atoms in total. The lowest BCUT2D eigenvalue weighted by Gasteiger charge is -2.14. The van der Waals surface area contributed by atoms with Gasteiger partial charge in [-0.05, 0) is 31.4 Å². The lowest BCUT2D eigenvalue weighted by Crippen LogP contribution is -2.18. The number of nitriles is 1. The van der Waals surface area contributed by atoms with Crippen molar-refractivity contribution in [3.05, 3.63) is 33.9 Å². The Morgan fingerprint density at radius 1 is 1.53 bits per heavy atom. The highest BCUT2D eigenvalue weighted by Crippen LogP contribution is 2.30. The monoisotopic (exact) mass is 261 g/mol. The summed E-state index contributed by atoms with van der Waals surface area (Å²) in [6.07, 6.45) is 2.88. The van der Waals surface area contributed by atoms with E-state index in [-0.39, 0.29) is 17.8 Å². The summed E-state index contributed by atoms with van der Waals surface area (Å²) < 4.78 is 5.28. The lowest BCUT2D eigenvalue weighted by atomic mass is 10.1. The second-order valence-electron chi connectivity index (χ2n) is 4.61. The number of rotatable bonds is 4. The maximum Gasteiger partial charge on any atom is 0.292 e. The minimum Gasteiger partial charge on any atom is -0.381 e. The van der Waals surface area contributed by atoms with Crippen LogP contribution in [0.25, 0.3) is 0 Å². The zero-order chi connectivity index (χ0) is 13.8. The quantitative estimate of drug-likeness (QED) is 0.664. The second-order valence-corrected chi connectivity index (χ2v) is 4.61. The summed E-state index contributed by atoms with van der Waals surface area (Å²) >= 11 is 0. The topological polar surface area (TPSA) is 88.2 Å². The molecule has 0 aromatic heterocycles. The molecular weight excluding hydrogens is 246 g/mol. The van der Waals surface area contributed by atoms with E-state index in [2.05, 4.69) is 5.32 Å². The SMILES string of the molecule is COC1CCC(Nc2cc(C#N)ccc2[N+](=O)[O-])C1. The van der Waals surface area contributed by atoms with Crippen LogP contribution in [0.1, 0.15) is 24.8 Å². The fourth-order valence-electron chi connectivity index (χ4n) is 2.39. The average molecular weight is 261 g/mol. The summed E-state index contributed by atoms with van der Waals surface area (Å²) in [4.78, 5) is 10.5. The minimum atomic E-state index is -0.438. The van der Waals surface area contributed by atoms with Gasteiger partial charge in [-0.1, -0.05) is 0 Å². The van der Waals surface area contributed by atoms with Crippen molar-refractivity contribution < 1.29 is 9.66 Å². The molecule has 19 heavy (non-hydrogen) atoms. The van der Waals surface area contributed by atoms with Gasteiger partial charge >= 0.3 is 0 Å². The van der Waals surface area contributed by atoms with E-state index in [0.29, 0.717) is 11.3 Å². The summed E-state index contributed by atoms with van der Waals surface area (Å²) in [5.74, 6) is 0. The first kappa shape index (κ1) is 13.3. The zero-order valence-electron chi connectivity index (χ0n) is 10.6. The van der Waals surface area contributed by atoms with Gasteiger partial charge in [0.2, 0.25) is 0 Å². The summed E-state index contributed by atoms with van der Waals surface area (Å²) in [5, 5.41) is 23.0. The number of ether oxygens (including phenoxy) is 1. The van der Waals surface area contributed by atoms with Gasteiger partial charge in [0, 0.05) is 19.2 Å². The Labute approximate surface area is 111 Å². The summed E-state index contributed by atoms with van der Waals surface area (Å²) in [7, 11) is 1.67. The van der Waals surface area contributed by atoms with Gasteiger partial charge in [0.25, 0.3) is 5.69 Å². The fraction of sp³-hybridized carbons (Fsp3) is 0.462. The van der Waals surface area contributed by atoms with Crippen molar-refractivity contribution in [2.75, 3.05) is 12.4 Å². The molecule has 0 spiro atoms. The Morgan fingerprint density at radius 3 is 2.89 bits per heavy atom. The third kappa shape index (κ3) is 3.01. The van der Waals surface area contributed by atoms with Crippen LogP contribution in [0, 0.1) is 21.4 Å². The van der Waals surface area contributed by atoms with Crippen LogP contribution in [0.15, 0.2) is 18.2 Å². The van der Waals surface area contributed by atoms with Crippen LogP contribution in [-0.2, 0) is 4.74 Å². The van der Waals surface area contributed by atoms with E-state index >= 15 is 0 Å². The Morgan fingerprint density at radius 2 is 2.32 bits per heavy atom. The number of benzene rings is 1. The van der Waals surface area contributed by atoms with Crippen molar-refractivity contribution in [1.29, 1.82) is 5.26 Å². The molecule has 100 valence electrons. The van der Waals surface area contributed by atoms with Crippen LogP contribution in [-0.4, -0.2) is 24.2 Å². The van der Waals surface area contributed by atoms with Crippen LogP contribution >= 0.6 is 0 Å². The molecule has 2 atom stereocenters. The van der Waals surface area contributed by atoms with Gasteiger partial charge < -0.3 is 10.1 Å². The Kier molecular flexibility index (Phi) is 3.97. The van der Waals surface area contributed by atoms with Crippen molar-refractivity contribution in [1.82, 2.24) is 0 Å². The molecule has 0 bridgehead atoms. The highest BCUT2D eigenvalue weighted by molar-refractivity contribution is 5.64. The third-order valence-electron chi connectivity index (χ3n) is 3.40. The van der Waals surface area contributed by atoms with Gasteiger partial charge in [0.05, 0.1) is 22.7 Å². The molecule has 1 aromatic rings. The van der Waals surface area contributed by atoms with E-state index < -0.39 is 4.92 Å². The van der Waals surface area contributed by atoms with E-state index in [4.69, 9.17) is 10.00 Å². The molecule has 2 rings (SSSR count). The van der Waals surface area contributed by atoms with E-state index in [0.717, 1.165) is 19.3 Å². The molecule has 1 aliphatic rings. The predicted octanol–water partition coefficient (Wildman–Crippen LogP) is 2.45. The first-order valence-electron chi connectivity index (χ1n) is 6.12. The minimum absolute atomic E-state index is 0.000123. The van der Waals surface area contributed by atoms with Crippen LogP contribution in [0.3, 0.4) is 0 Å². The van der Waals surface area contributed by atoms with Gasteiger partial charge in [-0.15, -0.1) is 0 Å². The average Bonchev–Trinajstić information content (AvgIpc) is 2.86. The van der Waals surface area contributed by atoms with E-state index in [9.17, 15) is 10.1 Å². The second kappa shape index (κ2) is 5.67. The molecule has 1 N–H and O–H groups in total. The number of nitrogens with one attached hydrogen (secondary N) is 1. The van der Waals surface area contributed by atoms with E-state index in [1.165, 1.54) is 18.2 Å². The Bertz CT molecular complexity index is 524. The van der Waals surface area contributed by atoms with Crippen molar-refractivity contribution in [3.63, 3.8) is 0 Å². The Hall–Kier alpha value is -2.13. The molecule has 1 aromatic carbocycles. The third-order valence-corrected chi connectivity index (χ3v) is 3.40. The smallest absolute Gasteiger partial charge is 0.292 e. The van der Waals surface area contributed by atoms with Gasteiger partial charge in [0.1, 0.15) is 5.69 Å². The molecule has 0 aliphatic heterocycles. The number of methoxy groups -OCH3 is 1. The maximum absolute atomic E-state index is 11.0. The Balaban J connectivity index is 2.19. The van der Waals surface area contributed by atoms with Gasteiger partial charge in [-0.25, -0.2) is 0 Å². The van der Waals surface area contributed by atoms with Crippen molar-refractivity contribution >= 4 is 11.4 Å². The summed E-state index contributed by atoms with van der Waals surface area (Å²) in [6.45, 7) is 0. The highest BCUT2D eigenvalue weighted by atomic mass is 16.6. The molecule has 0 saturated heterocycles. The molecule has 0 heterocycles. The number of nitro benzene ring substituents is 1. The molecule has 2 unspecified atom stereocenters. The lowest BCUT2D eigenvalue weighted by molar-refractivity contribution is -0.384. The van der Waals surface area contributed by atoms with Crippen LogP contribution in [0.5, 0.6) is 0 Å². The zero-order valence-corrected chi connectivity index (χ0v) is 10.6. The number of hydrogen-bond acceptors (Lipinski definition) is 5. The van der Waals surface area contributed by atoms with Gasteiger partial charge in [-0.2, -0.15) is 5.26 Å². The normalized spacial score (nSPS) is 21.9. The molecule has 0 radical (unpaired) electrons. The first-order chi connectivity index (χ1) is 9.13. The molecule has 0 amide bonds. The molecule has 1 fully saturated rings. The number of hydrogen-bond donors (Lipinski definition) is 1. The predicted molar refractivity (Wildman–Crippen MR) is 69.9 cm³/mol. The highest BCUT2D eigenvalue weighted by Gasteiger charge is 2.26. The molecule has 1 aliphatic carbocycles. The summed E-state index contributed by atoms with van der Waals surface area (Å²) in [6, 6.07) is 6.49. The van der Waals surface area contributed by atoms with Crippen LogP contribution < -0.4 is 5.32 Å². The van der Waals surface area contributed by atoms with E-state index in [1.807, 2.05) is 6.07 Å². The number of anilines is 1. The van der Waals surface area contributed by atoms with Gasteiger partial charge in [0.15, 0.2) is 0 Å². The number of nitrogens with zero attached hydrogens (tertiary/aromatic N) is 2. The van der Waals surface area contributed by atoms with Crippen LogP contribution in [0.2, 0.25) is 0 Å². The van der Waals surface area contributed by atoms with Crippen LogP contribution in [0.4, 0.5) is 11.4 Å².